The van der Waals surface area contributed by atoms with Gasteiger partial charge in [-0.1, -0.05) is 42.5 Å². The molecule has 1 atom stereocenters. The lowest BCUT2D eigenvalue weighted by atomic mass is 9.97. The summed E-state index contributed by atoms with van der Waals surface area (Å²) < 4.78 is 33.6. The van der Waals surface area contributed by atoms with Crippen molar-refractivity contribution in [3.05, 3.63) is 90.0 Å². The molecule has 0 saturated heterocycles. The summed E-state index contributed by atoms with van der Waals surface area (Å²) >= 11 is 0. The third-order valence-electron chi connectivity index (χ3n) is 5.26. The summed E-state index contributed by atoms with van der Waals surface area (Å²) in [7, 11) is -4.12. The first-order chi connectivity index (χ1) is 17.4. The number of benzene rings is 3. The van der Waals surface area contributed by atoms with Gasteiger partial charge in [0.05, 0.1) is 21.6 Å². The number of nitrogens with one attached hydrogen (secondary N) is 2. The van der Waals surface area contributed by atoms with Gasteiger partial charge >= 0.3 is 11.9 Å². The number of para-hydroxylation sites is 1. The van der Waals surface area contributed by atoms with Crippen LogP contribution in [0.3, 0.4) is 0 Å². The van der Waals surface area contributed by atoms with E-state index in [-0.39, 0.29) is 28.3 Å². The van der Waals surface area contributed by atoms with E-state index in [1.54, 1.807) is 57.2 Å². The summed E-state index contributed by atoms with van der Waals surface area (Å²) in [5.74, 6) is -2.24. The fourth-order valence-corrected chi connectivity index (χ4v) is 4.29. The molecular formula is C27H28N2O7S. The number of aliphatic carboxylic acids is 1. The largest absolute Gasteiger partial charge is 0.480 e. The Morgan fingerprint density at radius 3 is 2.08 bits per heavy atom. The van der Waals surface area contributed by atoms with Gasteiger partial charge in [-0.2, -0.15) is 0 Å². The standard InChI is InChI=1S/C27H28N2O7S/c1-27(2,3)26(33)36-19-13-15-20(16-14-19)37(34,35)29-22-12-8-7-11-21(22)24(30)28-23(25(31)32)17-18-9-5-4-6-10-18/h4-16,23,29H,17H2,1-3H3,(H,28,30)(H,31,32)/t23-/m1/s1. The number of amides is 1. The van der Waals surface area contributed by atoms with Gasteiger partial charge in [-0.05, 0) is 62.7 Å². The summed E-state index contributed by atoms with van der Waals surface area (Å²) in [6.07, 6.45) is 0.0575. The van der Waals surface area contributed by atoms with Crippen LogP contribution in [0, 0.1) is 5.41 Å². The van der Waals surface area contributed by atoms with E-state index in [1.807, 2.05) is 0 Å². The molecule has 0 heterocycles. The number of carbonyl (C=O) groups is 3. The average Bonchev–Trinajstić information content (AvgIpc) is 2.84. The lowest BCUT2D eigenvalue weighted by Crippen LogP contribution is -2.42. The lowest BCUT2D eigenvalue weighted by Gasteiger charge is -2.17. The maximum absolute atomic E-state index is 13.0. The van der Waals surface area contributed by atoms with Crippen molar-refractivity contribution in [1.29, 1.82) is 0 Å². The molecule has 0 radical (unpaired) electrons. The quantitative estimate of drug-likeness (QED) is 0.285. The molecule has 1 amide bonds. The number of carboxylic acids is 1. The van der Waals surface area contributed by atoms with Crippen LogP contribution < -0.4 is 14.8 Å². The van der Waals surface area contributed by atoms with Gasteiger partial charge in [0.25, 0.3) is 15.9 Å². The molecule has 194 valence electrons. The van der Waals surface area contributed by atoms with Crippen LogP contribution >= 0.6 is 0 Å². The molecule has 0 saturated carbocycles. The summed E-state index contributed by atoms with van der Waals surface area (Å²) in [6.45, 7) is 5.10. The molecular weight excluding hydrogens is 496 g/mol. The highest BCUT2D eigenvalue weighted by Gasteiger charge is 2.25. The van der Waals surface area contributed by atoms with E-state index in [2.05, 4.69) is 10.0 Å². The zero-order valence-electron chi connectivity index (χ0n) is 20.6. The minimum Gasteiger partial charge on any atom is -0.480 e. The molecule has 0 aliphatic rings. The minimum atomic E-state index is -4.12. The van der Waals surface area contributed by atoms with E-state index in [0.717, 1.165) is 5.56 Å². The second kappa shape index (κ2) is 11.3. The first kappa shape index (κ1) is 27.4. The van der Waals surface area contributed by atoms with E-state index in [0.29, 0.717) is 0 Å². The SMILES string of the molecule is CC(C)(C)C(=O)Oc1ccc(S(=O)(=O)Nc2ccccc2C(=O)N[C@H](Cc2ccccc2)C(=O)O)cc1. The summed E-state index contributed by atoms with van der Waals surface area (Å²) in [4.78, 5) is 36.7. The average molecular weight is 525 g/mol. The smallest absolute Gasteiger partial charge is 0.326 e. The monoisotopic (exact) mass is 524 g/mol. The Morgan fingerprint density at radius 1 is 0.892 bits per heavy atom. The van der Waals surface area contributed by atoms with Gasteiger partial charge in [0, 0.05) is 6.42 Å². The Bertz CT molecular complexity index is 1380. The van der Waals surface area contributed by atoms with E-state index in [9.17, 15) is 27.9 Å². The lowest BCUT2D eigenvalue weighted by molar-refractivity contribution is -0.143. The fraction of sp³-hybridized carbons (Fsp3) is 0.222. The van der Waals surface area contributed by atoms with Gasteiger partial charge in [0.2, 0.25) is 0 Å². The summed E-state index contributed by atoms with van der Waals surface area (Å²) in [6, 6.07) is 18.8. The molecule has 9 nitrogen and oxygen atoms in total. The molecule has 0 fully saturated rings. The van der Waals surface area contributed by atoms with Crippen LogP contribution in [0.4, 0.5) is 5.69 Å². The molecule has 0 bridgehead atoms. The van der Waals surface area contributed by atoms with Crippen LogP contribution in [0.1, 0.15) is 36.7 Å². The van der Waals surface area contributed by atoms with E-state index in [4.69, 9.17) is 4.74 Å². The number of carboxylic acid groups (broad SMARTS) is 1. The van der Waals surface area contributed by atoms with Crippen LogP contribution in [-0.4, -0.2) is 37.4 Å². The molecule has 3 rings (SSSR count). The minimum absolute atomic E-state index is 0.0212. The zero-order chi connectivity index (χ0) is 27.2. The van der Waals surface area contributed by atoms with E-state index < -0.39 is 39.3 Å². The van der Waals surface area contributed by atoms with Gasteiger partial charge < -0.3 is 15.2 Å². The van der Waals surface area contributed by atoms with Gasteiger partial charge in [-0.25, -0.2) is 13.2 Å². The Hall–Kier alpha value is -4.18. The highest BCUT2D eigenvalue weighted by molar-refractivity contribution is 7.92. The second-order valence-corrected chi connectivity index (χ2v) is 11.0. The number of carbonyl (C=O) groups excluding carboxylic acids is 2. The molecule has 0 unspecified atom stereocenters. The number of anilines is 1. The first-order valence-electron chi connectivity index (χ1n) is 11.4. The van der Waals surface area contributed by atoms with Crippen LogP contribution in [0.25, 0.3) is 0 Å². The normalized spacial score (nSPS) is 12.3. The molecule has 10 heteroatoms. The van der Waals surface area contributed by atoms with Crippen LogP contribution in [0.5, 0.6) is 5.75 Å². The predicted molar refractivity (Wildman–Crippen MR) is 138 cm³/mol. The molecule has 37 heavy (non-hydrogen) atoms. The van der Waals surface area contributed by atoms with Gasteiger partial charge in [0.15, 0.2) is 0 Å². The maximum atomic E-state index is 13.0. The third-order valence-corrected chi connectivity index (χ3v) is 6.64. The maximum Gasteiger partial charge on any atom is 0.326 e. The van der Waals surface area contributed by atoms with Crippen molar-refractivity contribution in [2.24, 2.45) is 5.41 Å². The number of esters is 1. The summed E-state index contributed by atoms with van der Waals surface area (Å²) in [5.41, 5.74) is -0.0637. The number of ether oxygens (including phenoxy) is 1. The highest BCUT2D eigenvalue weighted by atomic mass is 32.2. The second-order valence-electron chi connectivity index (χ2n) is 9.32. The van der Waals surface area contributed by atoms with Crippen molar-refractivity contribution in [1.82, 2.24) is 5.32 Å². The highest BCUT2D eigenvalue weighted by Crippen LogP contribution is 2.24. The van der Waals surface area contributed by atoms with Crippen molar-refractivity contribution >= 4 is 33.6 Å². The number of rotatable bonds is 9. The van der Waals surface area contributed by atoms with Crippen molar-refractivity contribution < 1.29 is 32.6 Å². The Balaban J connectivity index is 1.77. The van der Waals surface area contributed by atoms with E-state index >= 15 is 0 Å². The van der Waals surface area contributed by atoms with Gasteiger partial charge in [-0.15, -0.1) is 0 Å². The molecule has 3 N–H and O–H groups in total. The Labute approximate surface area is 215 Å². The van der Waals surface area contributed by atoms with Crippen molar-refractivity contribution in [3.8, 4) is 5.75 Å². The van der Waals surface area contributed by atoms with Crippen LogP contribution in [0.15, 0.2) is 83.8 Å². The fourth-order valence-electron chi connectivity index (χ4n) is 3.21. The third kappa shape index (κ3) is 7.40. The number of hydrogen-bond acceptors (Lipinski definition) is 6. The Morgan fingerprint density at radius 2 is 1.49 bits per heavy atom. The van der Waals surface area contributed by atoms with Crippen molar-refractivity contribution in [3.63, 3.8) is 0 Å². The number of sulfonamides is 1. The van der Waals surface area contributed by atoms with Crippen molar-refractivity contribution in [2.45, 2.75) is 38.1 Å². The summed E-state index contributed by atoms with van der Waals surface area (Å²) in [5, 5.41) is 12.1. The Kier molecular flexibility index (Phi) is 8.34. The van der Waals surface area contributed by atoms with E-state index in [1.165, 1.54) is 42.5 Å². The molecule has 0 aromatic heterocycles. The zero-order valence-corrected chi connectivity index (χ0v) is 21.4. The van der Waals surface area contributed by atoms with Gasteiger partial charge in [0.1, 0.15) is 11.8 Å². The molecule has 3 aromatic rings. The van der Waals surface area contributed by atoms with Crippen LogP contribution in [0.2, 0.25) is 0 Å². The predicted octanol–water partition coefficient (Wildman–Crippen LogP) is 3.86. The van der Waals surface area contributed by atoms with Gasteiger partial charge in [-0.3, -0.25) is 14.3 Å². The molecule has 0 aliphatic heterocycles. The van der Waals surface area contributed by atoms with Crippen LogP contribution in [-0.2, 0) is 26.0 Å². The molecule has 0 aliphatic carbocycles. The number of hydrogen-bond donors (Lipinski definition) is 3. The molecule has 3 aromatic carbocycles. The molecule has 0 spiro atoms. The van der Waals surface area contributed by atoms with Crippen molar-refractivity contribution in [2.75, 3.05) is 4.72 Å². The topological polar surface area (TPSA) is 139 Å². The first-order valence-corrected chi connectivity index (χ1v) is 12.9.